The first-order chi connectivity index (χ1) is 13.5. The van der Waals surface area contributed by atoms with E-state index in [0.717, 1.165) is 30.5 Å². The average molecular weight is 414 g/mol. The average Bonchev–Trinajstić information content (AvgIpc) is 2.70. The van der Waals surface area contributed by atoms with Crippen LogP contribution in [0.1, 0.15) is 54.5 Å². The minimum atomic E-state index is -0.246. The maximum Gasteiger partial charge on any atom is 0.226 e. The highest BCUT2D eigenvalue weighted by atomic mass is 35.5. The molecule has 2 aromatic rings. The van der Waals surface area contributed by atoms with E-state index in [2.05, 4.69) is 5.32 Å². The van der Waals surface area contributed by atoms with E-state index in [4.69, 9.17) is 5.73 Å². The summed E-state index contributed by atoms with van der Waals surface area (Å²) < 4.78 is 0. The molecule has 4 rings (SSSR count). The number of nitrogens with one attached hydrogen (secondary N) is 1. The fourth-order valence-corrected chi connectivity index (χ4v) is 4.68. The predicted molar refractivity (Wildman–Crippen MR) is 117 cm³/mol. The Bertz CT molecular complexity index is 887. The van der Waals surface area contributed by atoms with Crippen molar-refractivity contribution in [2.45, 2.75) is 44.2 Å². The van der Waals surface area contributed by atoms with Gasteiger partial charge < -0.3 is 16.0 Å². The number of fused-ring (bicyclic) bond motifs is 1. The van der Waals surface area contributed by atoms with Crippen LogP contribution in [-0.2, 0) is 16.0 Å². The molecule has 3 N–H and O–H groups in total. The number of amides is 2. The number of nitrogens with zero attached hydrogens (tertiary/aromatic N) is 1. The van der Waals surface area contributed by atoms with E-state index in [1.165, 1.54) is 11.1 Å². The van der Waals surface area contributed by atoms with E-state index in [9.17, 15) is 9.59 Å². The number of hydrogen-bond donors (Lipinski definition) is 2. The van der Waals surface area contributed by atoms with Crippen LogP contribution in [0.3, 0.4) is 0 Å². The smallest absolute Gasteiger partial charge is 0.226 e. The summed E-state index contributed by atoms with van der Waals surface area (Å²) in [4.78, 5) is 27.4. The Morgan fingerprint density at radius 2 is 1.86 bits per heavy atom. The molecule has 0 aromatic heterocycles. The SMILES string of the molecule is CN1C(=O)CCC(C(=O)NC2CCCc3cc(N)ccc32)C1c1ccccc1.Cl. The summed E-state index contributed by atoms with van der Waals surface area (Å²) in [6, 6.07) is 15.6. The van der Waals surface area contributed by atoms with Crippen molar-refractivity contribution in [2.24, 2.45) is 5.92 Å². The number of carbonyl (C=O) groups excluding carboxylic acids is 2. The molecular weight excluding hydrogens is 386 g/mol. The third-order valence-electron chi connectivity index (χ3n) is 6.14. The molecule has 1 aliphatic heterocycles. The zero-order valence-electron chi connectivity index (χ0n) is 16.6. The van der Waals surface area contributed by atoms with Crippen molar-refractivity contribution in [2.75, 3.05) is 12.8 Å². The monoisotopic (exact) mass is 413 g/mol. The summed E-state index contributed by atoms with van der Waals surface area (Å²) in [7, 11) is 1.80. The van der Waals surface area contributed by atoms with Crippen LogP contribution in [0.4, 0.5) is 5.69 Å². The second-order valence-electron chi connectivity index (χ2n) is 7.92. The number of benzene rings is 2. The van der Waals surface area contributed by atoms with Gasteiger partial charge in [-0.05, 0) is 54.5 Å². The quantitative estimate of drug-likeness (QED) is 0.751. The largest absolute Gasteiger partial charge is 0.399 e. The number of halogens is 1. The Morgan fingerprint density at radius 3 is 2.62 bits per heavy atom. The summed E-state index contributed by atoms with van der Waals surface area (Å²) >= 11 is 0. The molecule has 154 valence electrons. The number of hydrogen-bond acceptors (Lipinski definition) is 3. The second kappa shape index (κ2) is 8.87. The first-order valence-electron chi connectivity index (χ1n) is 10.0. The van der Waals surface area contributed by atoms with Gasteiger partial charge in [0, 0.05) is 19.2 Å². The van der Waals surface area contributed by atoms with Crippen molar-refractivity contribution in [3.63, 3.8) is 0 Å². The normalized spacial score (nSPS) is 23.7. The molecule has 2 aromatic carbocycles. The molecule has 1 fully saturated rings. The maximum absolute atomic E-state index is 13.3. The van der Waals surface area contributed by atoms with Crippen LogP contribution in [0.5, 0.6) is 0 Å². The van der Waals surface area contributed by atoms with Gasteiger partial charge in [-0.3, -0.25) is 9.59 Å². The molecule has 0 radical (unpaired) electrons. The molecule has 0 saturated carbocycles. The van der Waals surface area contributed by atoms with Gasteiger partial charge in [-0.1, -0.05) is 36.4 Å². The van der Waals surface area contributed by atoms with Crippen LogP contribution in [0.25, 0.3) is 0 Å². The van der Waals surface area contributed by atoms with Gasteiger partial charge in [0.05, 0.1) is 18.0 Å². The molecule has 6 heteroatoms. The van der Waals surface area contributed by atoms with Crippen molar-refractivity contribution in [1.82, 2.24) is 10.2 Å². The van der Waals surface area contributed by atoms with Crippen molar-refractivity contribution in [1.29, 1.82) is 0 Å². The molecule has 29 heavy (non-hydrogen) atoms. The number of anilines is 1. The first kappa shape index (κ1) is 21.2. The lowest BCUT2D eigenvalue weighted by atomic mass is 9.82. The van der Waals surface area contributed by atoms with Gasteiger partial charge in [0.15, 0.2) is 0 Å². The third kappa shape index (κ3) is 4.25. The van der Waals surface area contributed by atoms with E-state index in [-0.39, 0.29) is 42.2 Å². The van der Waals surface area contributed by atoms with Gasteiger partial charge in [0.1, 0.15) is 0 Å². The number of nitrogen functional groups attached to an aromatic ring is 1. The van der Waals surface area contributed by atoms with Gasteiger partial charge in [-0.15, -0.1) is 12.4 Å². The van der Waals surface area contributed by atoms with Gasteiger partial charge in [-0.2, -0.15) is 0 Å². The van der Waals surface area contributed by atoms with Gasteiger partial charge >= 0.3 is 0 Å². The van der Waals surface area contributed by atoms with Crippen molar-refractivity contribution < 1.29 is 9.59 Å². The first-order valence-corrected chi connectivity index (χ1v) is 10.0. The van der Waals surface area contributed by atoms with E-state index < -0.39 is 0 Å². The molecule has 3 atom stereocenters. The zero-order valence-corrected chi connectivity index (χ0v) is 17.5. The van der Waals surface area contributed by atoms with Crippen LogP contribution in [0.15, 0.2) is 48.5 Å². The van der Waals surface area contributed by atoms with Crippen LogP contribution < -0.4 is 11.1 Å². The van der Waals surface area contributed by atoms with Gasteiger partial charge in [-0.25, -0.2) is 0 Å². The Labute approximate surface area is 178 Å². The van der Waals surface area contributed by atoms with E-state index in [1.807, 2.05) is 48.5 Å². The molecule has 1 aliphatic carbocycles. The standard InChI is InChI=1S/C23H27N3O2.ClH/c1-26-21(27)13-12-19(22(26)15-6-3-2-4-7-15)23(28)25-20-9-5-8-16-14-17(24)10-11-18(16)20;/h2-4,6-7,10-11,14,19-20,22H,5,8-9,12-13,24H2,1H3,(H,25,28);1H. The maximum atomic E-state index is 13.3. The summed E-state index contributed by atoms with van der Waals surface area (Å²) in [5.74, 6) is -0.122. The number of nitrogens with two attached hydrogens (primary N) is 1. The number of rotatable bonds is 3. The molecular formula is C23H28ClN3O2. The van der Waals surface area contributed by atoms with Crippen molar-refractivity contribution in [3.8, 4) is 0 Å². The topological polar surface area (TPSA) is 75.4 Å². The molecule has 2 aliphatic rings. The zero-order chi connectivity index (χ0) is 19.7. The fourth-order valence-electron chi connectivity index (χ4n) is 4.68. The minimum absolute atomic E-state index is 0. The third-order valence-corrected chi connectivity index (χ3v) is 6.14. The lowest BCUT2D eigenvalue weighted by molar-refractivity contribution is -0.142. The summed E-state index contributed by atoms with van der Waals surface area (Å²) in [5.41, 5.74) is 10.1. The minimum Gasteiger partial charge on any atom is -0.399 e. The molecule has 1 heterocycles. The van der Waals surface area contributed by atoms with Crippen LogP contribution >= 0.6 is 12.4 Å². The highest BCUT2D eigenvalue weighted by molar-refractivity contribution is 5.85. The van der Waals surface area contributed by atoms with Crippen molar-refractivity contribution in [3.05, 3.63) is 65.2 Å². The fraction of sp³-hybridized carbons (Fsp3) is 0.391. The van der Waals surface area contributed by atoms with Crippen molar-refractivity contribution >= 4 is 29.9 Å². The van der Waals surface area contributed by atoms with E-state index in [0.29, 0.717) is 12.8 Å². The van der Waals surface area contributed by atoms with Gasteiger partial charge in [0.2, 0.25) is 11.8 Å². The molecule has 0 spiro atoms. The second-order valence-corrected chi connectivity index (χ2v) is 7.92. The number of carbonyl (C=O) groups is 2. The van der Waals surface area contributed by atoms with E-state index >= 15 is 0 Å². The molecule has 0 bridgehead atoms. The predicted octanol–water partition coefficient (Wildman–Crippen LogP) is 3.79. The van der Waals surface area contributed by atoms with Gasteiger partial charge in [0.25, 0.3) is 0 Å². The van der Waals surface area contributed by atoms with Crippen LogP contribution in [0.2, 0.25) is 0 Å². The highest BCUT2D eigenvalue weighted by Crippen LogP contribution is 2.37. The molecule has 1 saturated heterocycles. The molecule has 2 amide bonds. The highest BCUT2D eigenvalue weighted by Gasteiger charge is 2.39. The Hall–Kier alpha value is -2.53. The Morgan fingerprint density at radius 1 is 1.10 bits per heavy atom. The molecule has 5 nitrogen and oxygen atoms in total. The summed E-state index contributed by atoms with van der Waals surface area (Å²) in [6.45, 7) is 0. The Balaban J connectivity index is 0.00000240. The Kier molecular flexibility index (Phi) is 6.48. The lowest BCUT2D eigenvalue weighted by Gasteiger charge is -2.39. The molecule has 3 unspecified atom stereocenters. The summed E-state index contributed by atoms with van der Waals surface area (Å²) in [6.07, 6.45) is 3.96. The number of aryl methyl sites for hydroxylation is 1. The van der Waals surface area contributed by atoms with E-state index in [1.54, 1.807) is 11.9 Å². The summed E-state index contributed by atoms with van der Waals surface area (Å²) in [5, 5.41) is 3.28. The lowest BCUT2D eigenvalue weighted by Crippen LogP contribution is -2.47. The number of likely N-dealkylation sites (tertiary alicyclic amines) is 1. The van der Waals surface area contributed by atoms with Crippen LogP contribution in [0, 0.1) is 5.92 Å². The number of piperidine rings is 1. The van der Waals surface area contributed by atoms with Crippen LogP contribution in [-0.4, -0.2) is 23.8 Å².